The number of allylic oxidation sites excluding steroid dienone is 4. The molecule has 0 spiro atoms. The summed E-state index contributed by atoms with van der Waals surface area (Å²) in [6.45, 7) is 3.71. The average Bonchev–Trinajstić information content (AvgIpc) is 2.88. The summed E-state index contributed by atoms with van der Waals surface area (Å²) in [4.78, 5) is 38.6. The molecule has 192 valence electrons. The second-order valence-corrected chi connectivity index (χ2v) is 9.83. The fraction of sp³-hybridized carbons (Fsp3) is 0.367. The largest absolute Gasteiger partial charge is 0.493 e. The van der Waals surface area contributed by atoms with E-state index >= 15 is 0 Å². The van der Waals surface area contributed by atoms with Crippen LogP contribution < -0.4 is 14.8 Å². The van der Waals surface area contributed by atoms with Gasteiger partial charge in [-0.05, 0) is 61.6 Å². The number of nitrogens with one attached hydrogen (secondary N) is 1. The Morgan fingerprint density at radius 1 is 0.919 bits per heavy atom. The highest BCUT2D eigenvalue weighted by Crippen LogP contribution is 2.48. The zero-order valence-electron chi connectivity index (χ0n) is 21.4. The van der Waals surface area contributed by atoms with Gasteiger partial charge >= 0.3 is 0 Å². The number of anilines is 1. The van der Waals surface area contributed by atoms with E-state index in [2.05, 4.69) is 5.32 Å². The minimum absolute atomic E-state index is 0.0265. The smallest absolute Gasteiger partial charge is 0.262 e. The van der Waals surface area contributed by atoms with Crippen molar-refractivity contribution in [2.75, 3.05) is 19.0 Å². The van der Waals surface area contributed by atoms with Crippen molar-refractivity contribution in [3.05, 3.63) is 75.8 Å². The predicted molar refractivity (Wildman–Crippen MR) is 139 cm³/mol. The lowest BCUT2D eigenvalue weighted by Crippen LogP contribution is -2.30. The molecule has 2 aromatic rings. The van der Waals surface area contributed by atoms with Gasteiger partial charge in [-0.2, -0.15) is 0 Å². The number of amides is 1. The van der Waals surface area contributed by atoms with E-state index in [1.807, 2.05) is 38.1 Å². The number of carbonyl (C=O) groups excluding carboxylic acids is 3. The molecule has 7 nitrogen and oxygen atoms in total. The lowest BCUT2D eigenvalue weighted by Gasteiger charge is -2.36. The number of aryl methyl sites for hydroxylation is 2. The number of carbonyl (C=O) groups is 3. The Morgan fingerprint density at radius 3 is 2.24 bits per heavy atom. The summed E-state index contributed by atoms with van der Waals surface area (Å²) in [5.74, 6) is 1.51. The monoisotopic (exact) mass is 501 g/mol. The van der Waals surface area contributed by atoms with Crippen molar-refractivity contribution in [3.63, 3.8) is 0 Å². The summed E-state index contributed by atoms with van der Waals surface area (Å²) in [6, 6.07) is 11.2. The van der Waals surface area contributed by atoms with E-state index in [-0.39, 0.29) is 24.1 Å². The van der Waals surface area contributed by atoms with E-state index in [9.17, 15) is 14.4 Å². The Bertz CT molecular complexity index is 1310. The van der Waals surface area contributed by atoms with Gasteiger partial charge in [0.1, 0.15) is 11.5 Å². The molecule has 5 rings (SSSR count). The van der Waals surface area contributed by atoms with Crippen molar-refractivity contribution in [2.45, 2.75) is 58.3 Å². The van der Waals surface area contributed by atoms with Crippen molar-refractivity contribution < 1.29 is 28.6 Å². The number of ether oxygens (including phenoxy) is 3. The van der Waals surface area contributed by atoms with Gasteiger partial charge in [0.15, 0.2) is 29.7 Å². The van der Waals surface area contributed by atoms with Crippen LogP contribution >= 0.6 is 0 Å². The Labute approximate surface area is 216 Å². The molecule has 37 heavy (non-hydrogen) atoms. The molecule has 3 aliphatic rings. The van der Waals surface area contributed by atoms with Gasteiger partial charge in [-0.3, -0.25) is 14.4 Å². The first kappa shape index (κ1) is 24.8. The Hall–Kier alpha value is -3.87. The number of methoxy groups -OCH3 is 1. The maximum Gasteiger partial charge on any atom is 0.262 e. The van der Waals surface area contributed by atoms with Crippen molar-refractivity contribution in [1.82, 2.24) is 0 Å². The molecular weight excluding hydrogens is 470 g/mol. The van der Waals surface area contributed by atoms with Gasteiger partial charge in [0.05, 0.1) is 7.11 Å². The molecule has 2 aromatic carbocycles. The van der Waals surface area contributed by atoms with Crippen molar-refractivity contribution in [3.8, 4) is 11.5 Å². The van der Waals surface area contributed by atoms with Gasteiger partial charge in [0.2, 0.25) is 0 Å². The van der Waals surface area contributed by atoms with Crippen LogP contribution in [0.5, 0.6) is 11.5 Å². The Kier molecular flexibility index (Phi) is 6.87. The number of hydrogen-bond acceptors (Lipinski definition) is 6. The van der Waals surface area contributed by atoms with Gasteiger partial charge in [0, 0.05) is 48.4 Å². The van der Waals surface area contributed by atoms with Crippen LogP contribution in [0.1, 0.15) is 61.1 Å². The number of hydrogen-bond donors (Lipinski definition) is 1. The molecular formula is C30H31NO6. The van der Waals surface area contributed by atoms with Crippen LogP contribution in [0.2, 0.25) is 0 Å². The number of benzene rings is 2. The summed E-state index contributed by atoms with van der Waals surface area (Å²) in [7, 11) is 1.53. The Morgan fingerprint density at radius 2 is 1.59 bits per heavy atom. The second-order valence-electron chi connectivity index (χ2n) is 9.83. The first-order valence-corrected chi connectivity index (χ1v) is 12.7. The normalized spacial score (nSPS) is 17.7. The number of Topliss-reactive ketones (excluding diaryl/α,β-unsaturated/α-hetero) is 2. The molecule has 0 unspecified atom stereocenters. The van der Waals surface area contributed by atoms with Crippen molar-refractivity contribution in [2.24, 2.45) is 0 Å². The number of ketones is 2. The average molecular weight is 502 g/mol. The maximum absolute atomic E-state index is 13.0. The molecule has 1 amide bonds. The van der Waals surface area contributed by atoms with Crippen molar-refractivity contribution >= 4 is 23.2 Å². The highest BCUT2D eigenvalue weighted by molar-refractivity contribution is 6.05. The van der Waals surface area contributed by atoms with Crippen molar-refractivity contribution in [1.29, 1.82) is 0 Å². The molecule has 0 fully saturated rings. The molecule has 2 aliphatic carbocycles. The van der Waals surface area contributed by atoms with Crippen LogP contribution in [0, 0.1) is 13.8 Å². The maximum atomic E-state index is 13.0. The van der Waals surface area contributed by atoms with Crippen LogP contribution in [-0.4, -0.2) is 31.2 Å². The molecule has 7 heteroatoms. The Balaban J connectivity index is 1.41. The van der Waals surface area contributed by atoms with Crippen LogP contribution in [0.4, 0.5) is 5.69 Å². The standard InChI is InChI=1S/C30H31NO6/c1-17-10-11-18(2)20(14-17)31-27(34)16-36-23-13-12-19(15-26(23)35-3)28-29-21(32)6-4-8-24(29)37-25-9-5-7-22(33)30(25)28/h10-15,28H,4-9,16H2,1-3H3,(H,31,34). The molecule has 1 aliphatic heterocycles. The van der Waals surface area contributed by atoms with Crippen LogP contribution in [0.25, 0.3) is 0 Å². The predicted octanol–water partition coefficient (Wildman–Crippen LogP) is 5.46. The van der Waals surface area contributed by atoms with E-state index < -0.39 is 5.92 Å². The lowest BCUT2D eigenvalue weighted by molar-refractivity contribution is -0.119. The van der Waals surface area contributed by atoms with Crippen LogP contribution in [-0.2, 0) is 19.1 Å². The highest BCUT2D eigenvalue weighted by Gasteiger charge is 2.42. The summed E-state index contributed by atoms with van der Waals surface area (Å²) in [6.07, 6.45) is 3.78. The topological polar surface area (TPSA) is 90.9 Å². The van der Waals surface area contributed by atoms with Gasteiger partial charge < -0.3 is 19.5 Å². The number of rotatable bonds is 6. The van der Waals surface area contributed by atoms with Gasteiger partial charge in [-0.15, -0.1) is 0 Å². The van der Waals surface area contributed by atoms with Gasteiger partial charge in [0.25, 0.3) is 5.91 Å². The summed E-state index contributed by atoms with van der Waals surface area (Å²) < 4.78 is 17.5. The molecule has 1 heterocycles. The summed E-state index contributed by atoms with van der Waals surface area (Å²) >= 11 is 0. The minimum atomic E-state index is -0.477. The van der Waals surface area contributed by atoms with Gasteiger partial charge in [-0.1, -0.05) is 18.2 Å². The third-order valence-corrected chi connectivity index (χ3v) is 7.19. The molecule has 1 N–H and O–H groups in total. The zero-order valence-corrected chi connectivity index (χ0v) is 21.4. The lowest BCUT2D eigenvalue weighted by atomic mass is 9.73. The molecule has 0 aromatic heterocycles. The van der Waals surface area contributed by atoms with Crippen LogP contribution in [0.3, 0.4) is 0 Å². The second kappa shape index (κ2) is 10.2. The molecule has 0 atom stereocenters. The van der Waals surface area contributed by atoms with E-state index in [0.717, 1.165) is 35.2 Å². The molecule has 0 radical (unpaired) electrons. The van der Waals surface area contributed by atoms with E-state index in [4.69, 9.17) is 14.2 Å². The van der Waals surface area contributed by atoms with E-state index in [1.54, 1.807) is 12.1 Å². The molecule has 0 saturated carbocycles. The summed E-state index contributed by atoms with van der Waals surface area (Å²) in [5.41, 5.74) is 4.72. The van der Waals surface area contributed by atoms with E-state index in [0.29, 0.717) is 59.8 Å². The summed E-state index contributed by atoms with van der Waals surface area (Å²) in [5, 5.41) is 2.89. The minimum Gasteiger partial charge on any atom is -0.493 e. The molecule has 0 bridgehead atoms. The first-order chi connectivity index (χ1) is 17.9. The molecule has 0 saturated heterocycles. The van der Waals surface area contributed by atoms with E-state index in [1.165, 1.54) is 7.11 Å². The van der Waals surface area contributed by atoms with Crippen LogP contribution in [0.15, 0.2) is 59.1 Å². The zero-order chi connectivity index (χ0) is 26.1. The third kappa shape index (κ3) is 4.90. The fourth-order valence-corrected chi connectivity index (χ4v) is 5.33. The highest BCUT2D eigenvalue weighted by atomic mass is 16.5. The first-order valence-electron chi connectivity index (χ1n) is 12.7. The quantitative estimate of drug-likeness (QED) is 0.565. The third-order valence-electron chi connectivity index (χ3n) is 7.19. The fourth-order valence-electron chi connectivity index (χ4n) is 5.33. The van der Waals surface area contributed by atoms with Gasteiger partial charge in [-0.25, -0.2) is 0 Å². The SMILES string of the molecule is COc1cc(C2C3=C(CCCC3=O)OC3=C2C(=O)CCC3)ccc1OCC(=O)Nc1cc(C)ccc1C.